The van der Waals surface area contributed by atoms with Crippen LogP contribution in [0.15, 0.2) is 0 Å². The van der Waals surface area contributed by atoms with Crippen LogP contribution in [-0.4, -0.2) is 100.0 Å². The first kappa shape index (κ1) is 62.1. The van der Waals surface area contributed by atoms with Crippen LogP contribution in [0.5, 0.6) is 0 Å². The topological polar surface area (TPSA) is 161 Å². The molecule has 0 aromatic carbocycles. The van der Waals surface area contributed by atoms with Gasteiger partial charge in [-0.1, -0.05) is 118 Å². The second-order valence-electron chi connectivity index (χ2n) is 22.4. The molecule has 71 heavy (non-hydrogen) atoms. The Labute approximate surface area is 430 Å². The van der Waals surface area contributed by atoms with E-state index in [9.17, 15) is 28.8 Å². The van der Waals surface area contributed by atoms with Crippen LogP contribution in [0.1, 0.15) is 246 Å². The first-order valence-corrected chi connectivity index (χ1v) is 29.0. The molecule has 2 atom stereocenters. The molecule has 3 rings (SSSR count). The third-order valence-electron chi connectivity index (χ3n) is 15.0. The molecule has 1 saturated heterocycles. The number of hydrogen-bond acceptors (Lipinski definition) is 13. The van der Waals surface area contributed by atoms with Gasteiger partial charge < -0.3 is 33.3 Å². The molecule has 0 aromatic rings. The molecule has 410 valence electrons. The van der Waals surface area contributed by atoms with Crippen LogP contribution < -0.4 is 0 Å². The molecule has 3 fully saturated rings. The van der Waals surface area contributed by atoms with Crippen molar-refractivity contribution in [2.24, 2.45) is 28.6 Å². The van der Waals surface area contributed by atoms with Gasteiger partial charge in [-0.3, -0.25) is 28.8 Å². The lowest BCUT2D eigenvalue weighted by molar-refractivity contribution is -0.172. The molecule has 2 saturated carbocycles. The number of hydrogen-bond donors (Lipinski definition) is 0. The molecule has 13 heteroatoms. The Hall–Kier alpha value is -3.22. The highest BCUT2D eigenvalue weighted by Crippen LogP contribution is 2.54. The van der Waals surface area contributed by atoms with Crippen LogP contribution in [0, 0.1) is 28.6 Å². The number of ether oxygens (including phenoxy) is 6. The van der Waals surface area contributed by atoms with Gasteiger partial charge in [-0.2, -0.15) is 0 Å². The number of rotatable bonds is 42. The Bertz CT molecular complexity index is 1420. The van der Waals surface area contributed by atoms with E-state index in [1.807, 2.05) is 0 Å². The minimum absolute atomic E-state index is 0.103. The summed E-state index contributed by atoms with van der Waals surface area (Å²) in [7, 11) is 0. The number of nitrogens with zero attached hydrogens (tertiary/aromatic N) is 1. The van der Waals surface area contributed by atoms with Gasteiger partial charge in [0.1, 0.15) is 31.8 Å². The summed E-state index contributed by atoms with van der Waals surface area (Å²) in [4.78, 5) is 80.7. The number of esters is 6. The SMILES string of the molecule is CCCCCCCCCOC(=O)CCCCCC(=O)OCC(COC(=O)CCCCCC(=O)OCCCCCCCCC)(COC(=O)CCCN1CCCC1)COC(=O)CC12CC(C)CC(CC(C)C1)C2. The van der Waals surface area contributed by atoms with Crippen molar-refractivity contribution in [2.75, 3.05) is 59.3 Å². The molecule has 0 radical (unpaired) electrons. The van der Waals surface area contributed by atoms with E-state index < -0.39 is 23.3 Å². The maximum atomic E-state index is 13.9. The molecule has 2 unspecified atom stereocenters. The fraction of sp³-hybridized carbons (Fsp3) is 0.897. The van der Waals surface area contributed by atoms with E-state index in [0.29, 0.717) is 88.8 Å². The largest absolute Gasteiger partial charge is 0.466 e. The summed E-state index contributed by atoms with van der Waals surface area (Å²) in [5.74, 6) is -0.528. The normalized spacial score (nSPS) is 20.0. The summed E-state index contributed by atoms with van der Waals surface area (Å²) in [6, 6.07) is 0. The lowest BCUT2D eigenvalue weighted by Gasteiger charge is -2.49. The van der Waals surface area contributed by atoms with Gasteiger partial charge in [-0.05, 0) is 133 Å². The standard InChI is InChI=1S/C58H101NO12/c1-5-7-9-11-13-15-25-36-66-51(60)28-19-17-21-30-53(62)68-44-58(46-70-55(64)32-27-35-59-33-23-24-34-59,47-71-56(65)43-57-40-48(3)38-50(42-57)39-49(4)41-57)45-69-54(63)31-22-18-20-29-52(61)67-37-26-16-14-12-10-8-6-2/h48-50H,5-47H2,1-4H3. The van der Waals surface area contributed by atoms with Crippen molar-refractivity contribution in [3.05, 3.63) is 0 Å². The molecule has 13 nitrogen and oxygen atoms in total. The van der Waals surface area contributed by atoms with Crippen LogP contribution in [0.25, 0.3) is 0 Å². The minimum atomic E-state index is -1.34. The van der Waals surface area contributed by atoms with Gasteiger partial charge in [-0.15, -0.1) is 0 Å². The predicted molar refractivity (Wildman–Crippen MR) is 277 cm³/mol. The van der Waals surface area contributed by atoms with Gasteiger partial charge in [0.25, 0.3) is 0 Å². The highest BCUT2D eigenvalue weighted by Gasteiger charge is 2.46. The second kappa shape index (κ2) is 37.5. The average molecular weight is 1000 g/mol. The molecule has 0 N–H and O–H groups in total. The summed E-state index contributed by atoms with van der Waals surface area (Å²) in [6.07, 6.45) is 29.1. The zero-order chi connectivity index (χ0) is 51.4. The van der Waals surface area contributed by atoms with Crippen molar-refractivity contribution in [3.8, 4) is 0 Å². The summed E-state index contributed by atoms with van der Waals surface area (Å²) in [6.45, 7) is 11.6. The van der Waals surface area contributed by atoms with Crippen LogP contribution >= 0.6 is 0 Å². The third-order valence-corrected chi connectivity index (χ3v) is 15.0. The zero-order valence-electron chi connectivity index (χ0n) is 45.5. The molecule has 0 spiro atoms. The van der Waals surface area contributed by atoms with E-state index in [0.717, 1.165) is 90.3 Å². The van der Waals surface area contributed by atoms with Gasteiger partial charge in [0.2, 0.25) is 0 Å². The van der Waals surface area contributed by atoms with E-state index in [4.69, 9.17) is 28.4 Å². The van der Waals surface area contributed by atoms with Crippen LogP contribution in [0.4, 0.5) is 0 Å². The van der Waals surface area contributed by atoms with Gasteiger partial charge >= 0.3 is 35.8 Å². The van der Waals surface area contributed by atoms with Crippen molar-refractivity contribution in [1.82, 2.24) is 4.90 Å². The number of likely N-dealkylation sites (tertiary alicyclic amines) is 1. The zero-order valence-corrected chi connectivity index (χ0v) is 45.5. The Morgan fingerprint density at radius 3 is 1.21 bits per heavy atom. The Balaban J connectivity index is 1.58. The van der Waals surface area contributed by atoms with Crippen molar-refractivity contribution in [2.45, 2.75) is 246 Å². The van der Waals surface area contributed by atoms with E-state index in [2.05, 4.69) is 32.6 Å². The number of carbonyl (C=O) groups excluding carboxylic acids is 6. The summed E-state index contributed by atoms with van der Waals surface area (Å²) >= 11 is 0. The van der Waals surface area contributed by atoms with Crippen molar-refractivity contribution in [3.63, 3.8) is 0 Å². The predicted octanol–water partition coefficient (Wildman–Crippen LogP) is 12.8. The smallest absolute Gasteiger partial charge is 0.306 e. The Kier molecular flexibility index (Phi) is 32.8. The Morgan fingerprint density at radius 1 is 0.437 bits per heavy atom. The molecular weight excluding hydrogens is 903 g/mol. The summed E-state index contributed by atoms with van der Waals surface area (Å²) in [5, 5.41) is 0. The van der Waals surface area contributed by atoms with E-state index in [-0.39, 0.29) is 75.4 Å². The molecule has 3 aliphatic rings. The molecule has 1 heterocycles. The molecule has 1 aliphatic heterocycles. The van der Waals surface area contributed by atoms with Gasteiger partial charge in [0.05, 0.1) is 19.6 Å². The van der Waals surface area contributed by atoms with Crippen LogP contribution in [-0.2, 0) is 57.2 Å². The van der Waals surface area contributed by atoms with Crippen LogP contribution in [0.2, 0.25) is 0 Å². The fourth-order valence-electron chi connectivity index (χ4n) is 11.4. The fourth-order valence-corrected chi connectivity index (χ4v) is 11.4. The van der Waals surface area contributed by atoms with E-state index in [1.54, 1.807) is 0 Å². The maximum absolute atomic E-state index is 13.9. The van der Waals surface area contributed by atoms with Crippen molar-refractivity contribution in [1.29, 1.82) is 0 Å². The Morgan fingerprint density at radius 2 is 0.789 bits per heavy atom. The van der Waals surface area contributed by atoms with E-state index >= 15 is 0 Å². The molecule has 0 aromatic heterocycles. The monoisotopic (exact) mass is 1000 g/mol. The number of fused-ring (bicyclic) bond motifs is 2. The van der Waals surface area contributed by atoms with Crippen molar-refractivity contribution >= 4 is 35.8 Å². The maximum Gasteiger partial charge on any atom is 0.306 e. The quantitative estimate of drug-likeness (QED) is 0.0323. The lowest BCUT2D eigenvalue weighted by atomic mass is 9.56. The third kappa shape index (κ3) is 29.3. The van der Waals surface area contributed by atoms with Crippen LogP contribution in [0.3, 0.4) is 0 Å². The van der Waals surface area contributed by atoms with Gasteiger partial charge in [0, 0.05) is 32.1 Å². The molecule has 2 bridgehead atoms. The number of unbranched alkanes of at least 4 members (excludes halogenated alkanes) is 16. The first-order valence-electron chi connectivity index (χ1n) is 29.0. The molecule has 2 aliphatic carbocycles. The van der Waals surface area contributed by atoms with Gasteiger partial charge in [-0.25, -0.2) is 0 Å². The average Bonchev–Trinajstić information content (AvgIpc) is 3.85. The van der Waals surface area contributed by atoms with E-state index in [1.165, 1.54) is 64.2 Å². The highest BCUT2D eigenvalue weighted by atomic mass is 16.6. The summed E-state index contributed by atoms with van der Waals surface area (Å²) in [5.41, 5.74) is -1.47. The number of carbonyl (C=O) groups is 6. The molecular formula is C58H101NO12. The molecule has 0 amide bonds. The highest BCUT2D eigenvalue weighted by molar-refractivity contribution is 5.72. The van der Waals surface area contributed by atoms with Crippen molar-refractivity contribution < 1.29 is 57.2 Å². The lowest BCUT2D eigenvalue weighted by Crippen LogP contribution is -2.45. The second-order valence-corrected chi connectivity index (χ2v) is 22.4. The van der Waals surface area contributed by atoms with Gasteiger partial charge in [0.15, 0.2) is 0 Å². The summed E-state index contributed by atoms with van der Waals surface area (Å²) < 4.78 is 34.6. The minimum Gasteiger partial charge on any atom is -0.466 e. The first-order chi connectivity index (χ1) is 34.3.